The van der Waals surface area contributed by atoms with Crippen LogP contribution in [0, 0.1) is 5.41 Å². The van der Waals surface area contributed by atoms with Gasteiger partial charge in [-0.05, 0) is 18.2 Å². The maximum Gasteiger partial charge on any atom is 0.328 e. The number of hydrogen-bond acceptors (Lipinski definition) is 5. The SMILES string of the molecule is CC(=O)N[C@@H](CNC(=O)CNC(=O)c1cccc(NC(=N)N)c1)C(=O)O. The van der Waals surface area contributed by atoms with Crippen LogP contribution in [0.4, 0.5) is 5.69 Å². The largest absolute Gasteiger partial charge is 0.480 e. The van der Waals surface area contributed by atoms with Crippen molar-refractivity contribution in [3.8, 4) is 0 Å². The summed E-state index contributed by atoms with van der Waals surface area (Å²) in [5.41, 5.74) is 5.89. The molecule has 0 aliphatic rings. The molecule has 1 aromatic carbocycles. The second-order valence-corrected chi connectivity index (χ2v) is 5.20. The third-order valence-electron chi connectivity index (χ3n) is 2.99. The molecule has 0 aliphatic carbocycles. The minimum Gasteiger partial charge on any atom is -0.480 e. The molecule has 11 nitrogen and oxygen atoms in total. The lowest BCUT2D eigenvalue weighted by molar-refractivity contribution is -0.141. The van der Waals surface area contributed by atoms with Crippen LogP contribution < -0.4 is 27.0 Å². The molecule has 0 bridgehead atoms. The van der Waals surface area contributed by atoms with Gasteiger partial charge in [0.2, 0.25) is 11.8 Å². The van der Waals surface area contributed by atoms with Gasteiger partial charge in [-0.1, -0.05) is 6.07 Å². The number of anilines is 1. The smallest absolute Gasteiger partial charge is 0.328 e. The zero-order valence-corrected chi connectivity index (χ0v) is 14.0. The number of carboxylic acid groups (broad SMARTS) is 1. The van der Waals surface area contributed by atoms with E-state index in [-0.39, 0.29) is 24.6 Å². The van der Waals surface area contributed by atoms with Gasteiger partial charge in [0.25, 0.3) is 5.91 Å². The molecule has 1 aromatic rings. The summed E-state index contributed by atoms with van der Waals surface area (Å²) in [5.74, 6) is -3.27. The summed E-state index contributed by atoms with van der Waals surface area (Å²) in [6.07, 6.45) is 0. The summed E-state index contributed by atoms with van der Waals surface area (Å²) >= 11 is 0. The first-order chi connectivity index (χ1) is 12.2. The van der Waals surface area contributed by atoms with Crippen LogP contribution in [0.25, 0.3) is 0 Å². The van der Waals surface area contributed by atoms with E-state index in [1.54, 1.807) is 12.1 Å². The molecule has 1 atom stereocenters. The maximum absolute atomic E-state index is 12.0. The lowest BCUT2D eigenvalue weighted by atomic mass is 10.2. The second kappa shape index (κ2) is 9.61. The van der Waals surface area contributed by atoms with Crippen molar-refractivity contribution < 1.29 is 24.3 Å². The third-order valence-corrected chi connectivity index (χ3v) is 2.99. The number of hydrogen-bond donors (Lipinski definition) is 7. The first-order valence-corrected chi connectivity index (χ1v) is 7.45. The maximum atomic E-state index is 12.0. The molecule has 1 rings (SSSR count). The molecule has 26 heavy (non-hydrogen) atoms. The van der Waals surface area contributed by atoms with Gasteiger partial charge >= 0.3 is 5.97 Å². The Balaban J connectivity index is 2.51. The number of nitrogens with one attached hydrogen (secondary N) is 5. The third kappa shape index (κ3) is 7.29. The predicted octanol–water partition coefficient (Wildman–Crippen LogP) is -1.57. The number of aliphatic carboxylic acids is 1. The summed E-state index contributed by atoms with van der Waals surface area (Å²) in [7, 11) is 0. The van der Waals surface area contributed by atoms with Gasteiger partial charge in [-0.15, -0.1) is 0 Å². The minimum atomic E-state index is -1.29. The van der Waals surface area contributed by atoms with Crippen molar-refractivity contribution >= 4 is 35.3 Å². The fourth-order valence-electron chi connectivity index (χ4n) is 1.88. The molecule has 0 fully saturated rings. The van der Waals surface area contributed by atoms with Gasteiger partial charge in [0, 0.05) is 24.7 Å². The molecule has 0 radical (unpaired) electrons. The van der Waals surface area contributed by atoms with Gasteiger partial charge in [0.05, 0.1) is 6.54 Å². The van der Waals surface area contributed by atoms with Crippen LogP contribution in [0.1, 0.15) is 17.3 Å². The Bertz CT molecular complexity index is 720. The van der Waals surface area contributed by atoms with Crippen LogP contribution in [-0.2, 0) is 14.4 Å². The van der Waals surface area contributed by atoms with Crippen LogP contribution in [0.5, 0.6) is 0 Å². The Morgan fingerprint density at radius 3 is 2.50 bits per heavy atom. The number of carbonyl (C=O) groups excluding carboxylic acids is 3. The van der Waals surface area contributed by atoms with Crippen molar-refractivity contribution in [1.29, 1.82) is 5.41 Å². The molecule has 0 spiro atoms. The average Bonchev–Trinajstić information content (AvgIpc) is 2.55. The molecule has 0 heterocycles. The monoisotopic (exact) mass is 364 g/mol. The first kappa shape index (κ1) is 20.4. The highest BCUT2D eigenvalue weighted by Gasteiger charge is 2.19. The Labute approximate surface area is 148 Å². The number of nitrogens with two attached hydrogens (primary N) is 1. The highest BCUT2D eigenvalue weighted by atomic mass is 16.4. The van der Waals surface area contributed by atoms with E-state index in [4.69, 9.17) is 16.2 Å². The van der Waals surface area contributed by atoms with E-state index in [2.05, 4.69) is 21.3 Å². The molecule has 0 aromatic heterocycles. The van der Waals surface area contributed by atoms with Gasteiger partial charge in [-0.25, -0.2) is 4.79 Å². The molecule has 0 saturated heterocycles. The lowest BCUT2D eigenvalue weighted by Gasteiger charge is -2.14. The van der Waals surface area contributed by atoms with Crippen molar-refractivity contribution in [2.75, 3.05) is 18.4 Å². The molecule has 11 heteroatoms. The highest BCUT2D eigenvalue weighted by molar-refractivity contribution is 5.98. The molecular weight excluding hydrogens is 344 g/mol. The molecule has 140 valence electrons. The number of carboxylic acids is 1. The van der Waals surface area contributed by atoms with Gasteiger partial charge in [0.1, 0.15) is 6.04 Å². The van der Waals surface area contributed by atoms with E-state index in [1.807, 2.05) is 0 Å². The molecule has 0 unspecified atom stereocenters. The number of rotatable bonds is 8. The zero-order chi connectivity index (χ0) is 19.7. The number of carbonyl (C=O) groups is 4. The predicted molar refractivity (Wildman–Crippen MR) is 92.6 cm³/mol. The highest BCUT2D eigenvalue weighted by Crippen LogP contribution is 2.09. The number of guanidine groups is 1. The summed E-state index contributed by atoms with van der Waals surface area (Å²) in [5, 5.41) is 25.5. The fraction of sp³-hybridized carbons (Fsp3) is 0.267. The van der Waals surface area contributed by atoms with E-state index < -0.39 is 29.7 Å². The van der Waals surface area contributed by atoms with Gasteiger partial charge < -0.3 is 32.1 Å². The fourth-order valence-corrected chi connectivity index (χ4v) is 1.88. The summed E-state index contributed by atoms with van der Waals surface area (Å²) in [6, 6.07) is 4.88. The Morgan fingerprint density at radius 1 is 1.23 bits per heavy atom. The van der Waals surface area contributed by atoms with Gasteiger partial charge in [-0.2, -0.15) is 0 Å². The molecule has 0 aliphatic heterocycles. The van der Waals surface area contributed by atoms with Crippen molar-refractivity contribution in [1.82, 2.24) is 16.0 Å². The van der Waals surface area contributed by atoms with Crippen molar-refractivity contribution in [2.45, 2.75) is 13.0 Å². The van der Waals surface area contributed by atoms with E-state index in [0.29, 0.717) is 5.69 Å². The van der Waals surface area contributed by atoms with E-state index in [0.717, 1.165) is 6.92 Å². The van der Waals surface area contributed by atoms with Crippen molar-refractivity contribution in [3.05, 3.63) is 29.8 Å². The van der Waals surface area contributed by atoms with E-state index in [1.165, 1.54) is 12.1 Å². The Hall–Kier alpha value is -3.63. The average molecular weight is 364 g/mol. The van der Waals surface area contributed by atoms with Gasteiger partial charge in [-0.3, -0.25) is 19.8 Å². The van der Waals surface area contributed by atoms with Crippen LogP contribution >= 0.6 is 0 Å². The number of benzene rings is 1. The Kier molecular flexibility index (Phi) is 7.55. The van der Waals surface area contributed by atoms with E-state index >= 15 is 0 Å². The zero-order valence-electron chi connectivity index (χ0n) is 14.0. The quantitative estimate of drug-likeness (QED) is 0.214. The number of amides is 3. The first-order valence-electron chi connectivity index (χ1n) is 7.45. The Morgan fingerprint density at radius 2 is 1.92 bits per heavy atom. The van der Waals surface area contributed by atoms with Crippen molar-refractivity contribution in [2.24, 2.45) is 5.73 Å². The second-order valence-electron chi connectivity index (χ2n) is 5.20. The standard InChI is InChI=1S/C15H20N6O5/c1-8(22)20-11(14(25)26)6-18-12(23)7-19-13(24)9-3-2-4-10(5-9)21-15(16)17/h2-5,11H,6-7H2,1H3,(H,18,23)(H,19,24)(H,20,22)(H,25,26)(H4,16,17,21)/t11-/m0/s1. The normalized spacial score (nSPS) is 11.0. The van der Waals surface area contributed by atoms with Crippen LogP contribution in [0.2, 0.25) is 0 Å². The minimum absolute atomic E-state index is 0.241. The lowest BCUT2D eigenvalue weighted by Crippen LogP contribution is -2.49. The van der Waals surface area contributed by atoms with Crippen LogP contribution in [0.3, 0.4) is 0 Å². The molecule has 0 saturated carbocycles. The molecule has 8 N–H and O–H groups in total. The summed E-state index contributed by atoms with van der Waals surface area (Å²) in [6.45, 7) is 0.463. The van der Waals surface area contributed by atoms with Gasteiger partial charge in [0.15, 0.2) is 5.96 Å². The molecular formula is C15H20N6O5. The summed E-state index contributed by atoms with van der Waals surface area (Å²) < 4.78 is 0. The van der Waals surface area contributed by atoms with Crippen LogP contribution in [0.15, 0.2) is 24.3 Å². The molecule has 3 amide bonds. The topological polar surface area (TPSA) is 186 Å². The summed E-state index contributed by atoms with van der Waals surface area (Å²) in [4.78, 5) is 45.6. The van der Waals surface area contributed by atoms with Crippen LogP contribution in [-0.4, -0.2) is 53.9 Å². The van der Waals surface area contributed by atoms with E-state index in [9.17, 15) is 19.2 Å². The van der Waals surface area contributed by atoms with Crippen molar-refractivity contribution in [3.63, 3.8) is 0 Å².